The minimum absolute atomic E-state index is 0.121. The van der Waals surface area contributed by atoms with Crippen molar-refractivity contribution in [3.63, 3.8) is 0 Å². The fraction of sp³-hybridized carbons (Fsp3) is 0.250. The Hall–Kier alpha value is -2.66. The number of nitrogens with zero attached hydrogens (tertiary/aromatic N) is 3. The highest BCUT2D eigenvalue weighted by molar-refractivity contribution is 6.32. The zero-order chi connectivity index (χ0) is 18.7. The van der Waals surface area contributed by atoms with E-state index in [2.05, 4.69) is 29.2 Å². The molecule has 0 saturated carbocycles. The number of carbonyl (C=O) groups excluding carboxylic acids is 1. The van der Waals surface area contributed by atoms with E-state index in [1.165, 1.54) is 0 Å². The fourth-order valence-electron chi connectivity index (χ4n) is 2.91. The molecule has 1 amide bonds. The molecule has 5 nitrogen and oxygen atoms in total. The molecule has 2 aromatic carbocycles. The van der Waals surface area contributed by atoms with Crippen molar-refractivity contribution >= 4 is 23.2 Å². The highest BCUT2D eigenvalue weighted by atomic mass is 35.5. The number of amides is 1. The van der Waals surface area contributed by atoms with Gasteiger partial charge in [-0.3, -0.25) is 4.79 Å². The Morgan fingerprint density at radius 1 is 1.08 bits per heavy atom. The Kier molecular flexibility index (Phi) is 5.38. The van der Waals surface area contributed by atoms with Crippen LogP contribution in [0.1, 0.15) is 41.4 Å². The highest BCUT2D eigenvalue weighted by Crippen LogP contribution is 2.24. The maximum atomic E-state index is 12.7. The third kappa shape index (κ3) is 3.48. The van der Waals surface area contributed by atoms with Gasteiger partial charge in [0, 0.05) is 5.69 Å². The Bertz CT molecular complexity index is 926. The predicted molar refractivity (Wildman–Crippen MR) is 104 cm³/mol. The summed E-state index contributed by atoms with van der Waals surface area (Å²) < 4.78 is 1.59. The molecule has 1 aromatic heterocycles. The van der Waals surface area contributed by atoms with Gasteiger partial charge in [0.2, 0.25) is 5.82 Å². The first-order valence-corrected chi connectivity index (χ1v) is 9.03. The molecule has 1 heterocycles. The number of rotatable bonds is 5. The lowest BCUT2D eigenvalue weighted by atomic mass is 10.0. The third-order valence-electron chi connectivity index (χ3n) is 4.29. The second-order valence-corrected chi connectivity index (χ2v) is 6.37. The number of para-hydroxylation sites is 2. The Labute approximate surface area is 158 Å². The number of nitrogens with one attached hydrogen (secondary N) is 1. The number of hydrogen-bond donors (Lipinski definition) is 1. The topological polar surface area (TPSA) is 59.8 Å². The maximum Gasteiger partial charge on any atom is 0.295 e. The Balaban J connectivity index is 1.94. The van der Waals surface area contributed by atoms with E-state index in [0.29, 0.717) is 16.5 Å². The van der Waals surface area contributed by atoms with E-state index in [9.17, 15) is 4.79 Å². The van der Waals surface area contributed by atoms with Gasteiger partial charge in [0.1, 0.15) is 5.82 Å². The van der Waals surface area contributed by atoms with Crippen LogP contribution < -0.4 is 5.32 Å². The van der Waals surface area contributed by atoms with E-state index >= 15 is 0 Å². The molecular formula is C20H21ClN4O. The molecule has 0 aliphatic heterocycles. The standard InChI is InChI=1S/C20H21ClN4O/c1-4-14-9-8-10-15(5-2)18(14)23-20(26)19-22-13(3)25(24-19)17-12-7-6-11-16(17)21/h6-12H,4-5H2,1-3H3,(H,23,26). The van der Waals surface area contributed by atoms with Crippen molar-refractivity contribution in [2.45, 2.75) is 33.6 Å². The SMILES string of the molecule is CCc1cccc(CC)c1NC(=O)c1nc(C)n(-c2ccccc2Cl)n1. The van der Waals surface area contributed by atoms with Crippen LogP contribution in [0.4, 0.5) is 5.69 Å². The van der Waals surface area contributed by atoms with Crippen LogP contribution in [0.2, 0.25) is 5.02 Å². The van der Waals surface area contributed by atoms with E-state index in [0.717, 1.165) is 29.7 Å². The number of hydrogen-bond acceptors (Lipinski definition) is 3. The van der Waals surface area contributed by atoms with Gasteiger partial charge in [0.15, 0.2) is 0 Å². The number of anilines is 1. The fourth-order valence-corrected chi connectivity index (χ4v) is 3.13. The number of aryl methyl sites for hydroxylation is 3. The van der Waals surface area contributed by atoms with E-state index in [-0.39, 0.29) is 11.7 Å². The van der Waals surface area contributed by atoms with Crippen molar-refractivity contribution < 1.29 is 4.79 Å². The lowest BCUT2D eigenvalue weighted by Gasteiger charge is -2.13. The molecular weight excluding hydrogens is 348 g/mol. The first kappa shape index (κ1) is 18.1. The van der Waals surface area contributed by atoms with Crippen molar-refractivity contribution in [2.75, 3.05) is 5.32 Å². The van der Waals surface area contributed by atoms with E-state index in [1.54, 1.807) is 17.7 Å². The summed E-state index contributed by atoms with van der Waals surface area (Å²) in [6.07, 6.45) is 1.67. The molecule has 0 bridgehead atoms. The van der Waals surface area contributed by atoms with E-state index in [4.69, 9.17) is 11.6 Å². The first-order chi connectivity index (χ1) is 12.5. The summed E-state index contributed by atoms with van der Waals surface area (Å²) in [4.78, 5) is 17.1. The zero-order valence-corrected chi connectivity index (χ0v) is 15.8. The molecule has 0 spiro atoms. The van der Waals surface area contributed by atoms with Gasteiger partial charge in [-0.05, 0) is 43.0 Å². The van der Waals surface area contributed by atoms with E-state index < -0.39 is 0 Å². The largest absolute Gasteiger partial charge is 0.319 e. The molecule has 0 aliphatic carbocycles. The van der Waals surface area contributed by atoms with Crippen molar-refractivity contribution in [1.82, 2.24) is 14.8 Å². The monoisotopic (exact) mass is 368 g/mol. The van der Waals surface area contributed by atoms with Crippen molar-refractivity contribution in [3.8, 4) is 5.69 Å². The summed E-state index contributed by atoms with van der Waals surface area (Å²) in [6.45, 7) is 5.93. The molecule has 6 heteroatoms. The molecule has 3 aromatic rings. The van der Waals surface area contributed by atoms with Crippen LogP contribution in [0.3, 0.4) is 0 Å². The van der Waals surface area contributed by atoms with Crippen molar-refractivity contribution in [1.29, 1.82) is 0 Å². The summed E-state index contributed by atoms with van der Waals surface area (Å²) in [5.74, 6) is 0.396. The predicted octanol–water partition coefficient (Wildman–Crippen LogP) is 4.61. The van der Waals surface area contributed by atoms with Crippen LogP contribution in [0.25, 0.3) is 5.69 Å². The minimum Gasteiger partial charge on any atom is -0.319 e. The van der Waals surface area contributed by atoms with Crippen LogP contribution in [-0.2, 0) is 12.8 Å². The highest BCUT2D eigenvalue weighted by Gasteiger charge is 2.18. The molecule has 1 N–H and O–H groups in total. The molecule has 0 unspecified atom stereocenters. The summed E-state index contributed by atoms with van der Waals surface area (Å²) in [5, 5.41) is 7.90. The quantitative estimate of drug-likeness (QED) is 0.715. The number of aromatic nitrogens is 3. The first-order valence-electron chi connectivity index (χ1n) is 8.65. The van der Waals surface area contributed by atoms with Gasteiger partial charge >= 0.3 is 0 Å². The second kappa shape index (κ2) is 7.70. The zero-order valence-electron chi connectivity index (χ0n) is 15.1. The molecule has 0 fully saturated rings. The lowest BCUT2D eigenvalue weighted by Crippen LogP contribution is -2.17. The van der Waals surface area contributed by atoms with Gasteiger partial charge in [0.25, 0.3) is 5.91 Å². The molecule has 0 atom stereocenters. The van der Waals surface area contributed by atoms with Gasteiger partial charge in [-0.2, -0.15) is 0 Å². The van der Waals surface area contributed by atoms with Crippen LogP contribution in [0, 0.1) is 6.92 Å². The van der Waals surface area contributed by atoms with E-state index in [1.807, 2.05) is 36.4 Å². The summed E-state index contributed by atoms with van der Waals surface area (Å²) in [6, 6.07) is 13.4. The molecule has 0 saturated heterocycles. The van der Waals surface area contributed by atoms with Gasteiger partial charge < -0.3 is 5.32 Å². The summed E-state index contributed by atoms with van der Waals surface area (Å²) in [5.41, 5.74) is 3.75. The third-order valence-corrected chi connectivity index (χ3v) is 4.61. The lowest BCUT2D eigenvalue weighted by molar-refractivity contribution is 0.101. The second-order valence-electron chi connectivity index (χ2n) is 5.96. The van der Waals surface area contributed by atoms with Gasteiger partial charge in [-0.15, -0.1) is 5.10 Å². The normalized spacial score (nSPS) is 10.8. The van der Waals surface area contributed by atoms with Crippen molar-refractivity contribution in [2.24, 2.45) is 0 Å². The Morgan fingerprint density at radius 3 is 2.35 bits per heavy atom. The number of carbonyl (C=O) groups is 1. The van der Waals surface area contributed by atoms with Gasteiger partial charge in [-0.1, -0.05) is 55.8 Å². The molecule has 26 heavy (non-hydrogen) atoms. The average molecular weight is 369 g/mol. The number of benzene rings is 2. The van der Waals surface area contributed by atoms with Crippen LogP contribution in [0.15, 0.2) is 42.5 Å². The van der Waals surface area contributed by atoms with Crippen LogP contribution in [-0.4, -0.2) is 20.7 Å². The Morgan fingerprint density at radius 2 is 1.73 bits per heavy atom. The van der Waals surface area contributed by atoms with Crippen LogP contribution >= 0.6 is 11.6 Å². The molecule has 134 valence electrons. The summed E-state index contributed by atoms with van der Waals surface area (Å²) >= 11 is 6.24. The maximum absolute atomic E-state index is 12.7. The molecule has 3 rings (SSSR count). The molecule has 0 radical (unpaired) electrons. The van der Waals surface area contributed by atoms with Gasteiger partial charge in [0.05, 0.1) is 10.7 Å². The number of halogens is 1. The van der Waals surface area contributed by atoms with Gasteiger partial charge in [-0.25, -0.2) is 9.67 Å². The smallest absolute Gasteiger partial charge is 0.295 e. The minimum atomic E-state index is -0.325. The van der Waals surface area contributed by atoms with Crippen molar-refractivity contribution in [3.05, 3.63) is 70.3 Å². The van der Waals surface area contributed by atoms with Crippen LogP contribution in [0.5, 0.6) is 0 Å². The average Bonchev–Trinajstić information content (AvgIpc) is 3.04. The molecule has 0 aliphatic rings. The summed E-state index contributed by atoms with van der Waals surface area (Å²) in [7, 11) is 0.